The lowest BCUT2D eigenvalue weighted by Gasteiger charge is -2.27. The largest absolute Gasteiger partial charge is 0.379 e. The van der Waals surface area contributed by atoms with Crippen molar-refractivity contribution >= 4 is 17.5 Å². The summed E-state index contributed by atoms with van der Waals surface area (Å²) in [5.41, 5.74) is 2.96. The molecule has 1 aliphatic rings. The Labute approximate surface area is 147 Å². The van der Waals surface area contributed by atoms with Gasteiger partial charge in [0.05, 0.1) is 13.2 Å². The summed E-state index contributed by atoms with van der Waals surface area (Å²) in [5.74, 6) is -0.112. The van der Waals surface area contributed by atoms with Crippen LogP contribution in [0.5, 0.6) is 0 Å². The van der Waals surface area contributed by atoms with Crippen molar-refractivity contribution in [1.29, 1.82) is 0 Å². The van der Waals surface area contributed by atoms with Gasteiger partial charge in [0.1, 0.15) is 0 Å². The second-order valence-corrected chi connectivity index (χ2v) is 6.29. The van der Waals surface area contributed by atoms with E-state index in [0.717, 1.165) is 38.4 Å². The zero-order valence-electron chi connectivity index (χ0n) is 13.5. The molecule has 1 heterocycles. The van der Waals surface area contributed by atoms with E-state index in [0.29, 0.717) is 17.1 Å². The summed E-state index contributed by atoms with van der Waals surface area (Å²) in [5, 5.41) is 3.54. The summed E-state index contributed by atoms with van der Waals surface area (Å²) in [6.45, 7) is 4.85. The summed E-state index contributed by atoms with van der Waals surface area (Å²) >= 11 is 5.94. The van der Waals surface area contributed by atoms with Gasteiger partial charge in [-0.3, -0.25) is 9.69 Å². The molecule has 2 aromatic rings. The topological polar surface area (TPSA) is 41.6 Å². The number of ether oxygens (including phenoxy) is 1. The number of benzene rings is 2. The molecule has 1 aliphatic heterocycles. The second kappa shape index (κ2) is 8.29. The van der Waals surface area contributed by atoms with Gasteiger partial charge in [0.25, 0.3) is 5.91 Å². The zero-order chi connectivity index (χ0) is 16.8. The van der Waals surface area contributed by atoms with Crippen molar-refractivity contribution in [3.8, 4) is 0 Å². The van der Waals surface area contributed by atoms with E-state index in [4.69, 9.17) is 16.3 Å². The number of rotatable bonds is 5. The molecule has 0 aliphatic carbocycles. The van der Waals surface area contributed by atoms with Crippen LogP contribution >= 0.6 is 11.6 Å². The fourth-order valence-electron chi connectivity index (χ4n) is 2.79. The van der Waals surface area contributed by atoms with Gasteiger partial charge < -0.3 is 10.1 Å². The number of hydrogen-bond donors (Lipinski definition) is 1. The lowest BCUT2D eigenvalue weighted by molar-refractivity contribution is 0.0340. The molecular formula is C19H21ClN2O2. The highest BCUT2D eigenvalue weighted by Crippen LogP contribution is 2.14. The van der Waals surface area contributed by atoms with Crippen LogP contribution in [0.25, 0.3) is 0 Å². The number of hydrogen-bond acceptors (Lipinski definition) is 3. The third kappa shape index (κ3) is 4.57. The maximum atomic E-state index is 12.3. The maximum Gasteiger partial charge on any atom is 0.251 e. The van der Waals surface area contributed by atoms with Gasteiger partial charge in [0.15, 0.2) is 0 Å². The van der Waals surface area contributed by atoms with Gasteiger partial charge >= 0.3 is 0 Å². The first-order chi connectivity index (χ1) is 11.7. The highest BCUT2D eigenvalue weighted by molar-refractivity contribution is 6.30. The average molecular weight is 345 g/mol. The molecule has 0 radical (unpaired) electrons. The van der Waals surface area contributed by atoms with Gasteiger partial charge in [-0.25, -0.2) is 0 Å². The summed E-state index contributed by atoms with van der Waals surface area (Å²) < 4.78 is 5.40. The molecule has 5 heteroatoms. The van der Waals surface area contributed by atoms with Crippen LogP contribution in [0.2, 0.25) is 5.02 Å². The molecule has 1 amide bonds. The number of nitrogens with zero attached hydrogens (tertiary/aromatic N) is 1. The van der Waals surface area contributed by atoms with Gasteiger partial charge in [-0.15, -0.1) is 0 Å². The first-order valence-electron chi connectivity index (χ1n) is 8.13. The lowest BCUT2D eigenvalue weighted by atomic mass is 10.1. The molecule has 0 atom stereocenters. The summed E-state index contributed by atoms with van der Waals surface area (Å²) in [7, 11) is 0. The quantitative estimate of drug-likeness (QED) is 0.906. The number of carbonyl (C=O) groups excluding carboxylic acids is 1. The van der Waals surface area contributed by atoms with E-state index >= 15 is 0 Å². The Hall–Kier alpha value is -1.88. The number of nitrogens with one attached hydrogen (secondary N) is 1. The smallest absolute Gasteiger partial charge is 0.251 e. The predicted molar refractivity (Wildman–Crippen MR) is 95.2 cm³/mol. The Kier molecular flexibility index (Phi) is 5.86. The zero-order valence-corrected chi connectivity index (χ0v) is 14.3. The summed E-state index contributed by atoms with van der Waals surface area (Å²) in [6, 6.07) is 15.2. The van der Waals surface area contributed by atoms with Gasteiger partial charge in [-0.05, 0) is 29.3 Å². The van der Waals surface area contributed by atoms with E-state index in [1.165, 1.54) is 5.56 Å². The monoisotopic (exact) mass is 344 g/mol. The van der Waals surface area contributed by atoms with Crippen molar-refractivity contribution in [1.82, 2.24) is 10.2 Å². The molecule has 3 rings (SSSR count). The van der Waals surface area contributed by atoms with Crippen LogP contribution in [0.1, 0.15) is 21.5 Å². The van der Waals surface area contributed by atoms with E-state index in [2.05, 4.69) is 22.3 Å². The van der Waals surface area contributed by atoms with Gasteiger partial charge in [-0.2, -0.15) is 0 Å². The molecule has 24 heavy (non-hydrogen) atoms. The van der Waals surface area contributed by atoms with Crippen molar-refractivity contribution < 1.29 is 9.53 Å². The minimum absolute atomic E-state index is 0.112. The number of halogens is 1. The predicted octanol–water partition coefficient (Wildman–Crippen LogP) is 3.10. The van der Waals surface area contributed by atoms with E-state index in [-0.39, 0.29) is 5.91 Å². The van der Waals surface area contributed by atoms with Crippen molar-refractivity contribution in [2.45, 2.75) is 13.1 Å². The van der Waals surface area contributed by atoms with Crippen LogP contribution in [0.4, 0.5) is 0 Å². The fourth-order valence-corrected chi connectivity index (χ4v) is 2.98. The van der Waals surface area contributed by atoms with E-state index in [9.17, 15) is 4.79 Å². The Morgan fingerprint density at radius 2 is 1.83 bits per heavy atom. The van der Waals surface area contributed by atoms with E-state index < -0.39 is 0 Å². The van der Waals surface area contributed by atoms with Crippen LogP contribution in [-0.4, -0.2) is 37.1 Å². The van der Waals surface area contributed by atoms with Crippen LogP contribution < -0.4 is 5.32 Å². The lowest BCUT2D eigenvalue weighted by Crippen LogP contribution is -2.36. The number of morpholine rings is 1. The summed E-state index contributed by atoms with van der Waals surface area (Å²) in [4.78, 5) is 14.7. The van der Waals surface area contributed by atoms with Crippen molar-refractivity contribution in [3.63, 3.8) is 0 Å². The Bertz CT molecular complexity index is 699. The van der Waals surface area contributed by atoms with E-state index in [1.54, 1.807) is 24.3 Å². The van der Waals surface area contributed by atoms with Crippen LogP contribution in [0.15, 0.2) is 48.5 Å². The highest BCUT2D eigenvalue weighted by atomic mass is 35.5. The van der Waals surface area contributed by atoms with Crippen molar-refractivity contribution in [2.75, 3.05) is 26.3 Å². The van der Waals surface area contributed by atoms with Crippen molar-refractivity contribution in [3.05, 3.63) is 70.2 Å². The SMILES string of the molecule is O=C(NCc1ccccc1CN1CCOCC1)c1cccc(Cl)c1. The second-order valence-electron chi connectivity index (χ2n) is 5.85. The average Bonchev–Trinajstić information content (AvgIpc) is 2.61. The Morgan fingerprint density at radius 3 is 2.58 bits per heavy atom. The van der Waals surface area contributed by atoms with Crippen LogP contribution in [0.3, 0.4) is 0 Å². The molecule has 0 aromatic heterocycles. The third-order valence-electron chi connectivity index (χ3n) is 4.14. The van der Waals surface area contributed by atoms with Crippen LogP contribution in [-0.2, 0) is 17.8 Å². The molecule has 4 nitrogen and oxygen atoms in total. The maximum absolute atomic E-state index is 12.3. The van der Waals surface area contributed by atoms with E-state index in [1.807, 2.05) is 12.1 Å². The van der Waals surface area contributed by atoms with Gasteiger partial charge in [0.2, 0.25) is 0 Å². The molecule has 126 valence electrons. The standard InChI is InChI=1S/C19H21ClN2O2/c20-18-7-3-6-15(12-18)19(23)21-13-16-4-1-2-5-17(16)14-22-8-10-24-11-9-22/h1-7,12H,8-11,13-14H2,(H,21,23). The van der Waals surface area contributed by atoms with Gasteiger partial charge in [0, 0.05) is 36.8 Å². The Balaban J connectivity index is 1.63. The molecule has 2 aromatic carbocycles. The normalized spacial score (nSPS) is 15.2. The molecule has 0 unspecified atom stereocenters. The first-order valence-corrected chi connectivity index (χ1v) is 8.51. The van der Waals surface area contributed by atoms with Gasteiger partial charge in [-0.1, -0.05) is 41.9 Å². The third-order valence-corrected chi connectivity index (χ3v) is 4.38. The Morgan fingerprint density at radius 1 is 1.08 bits per heavy atom. The summed E-state index contributed by atoms with van der Waals surface area (Å²) in [6.07, 6.45) is 0. The van der Waals surface area contributed by atoms with Crippen LogP contribution in [0, 0.1) is 0 Å². The molecular weight excluding hydrogens is 324 g/mol. The molecule has 0 bridgehead atoms. The minimum atomic E-state index is -0.112. The number of amides is 1. The fraction of sp³-hybridized carbons (Fsp3) is 0.316. The highest BCUT2D eigenvalue weighted by Gasteiger charge is 2.13. The molecule has 0 spiro atoms. The molecule has 1 fully saturated rings. The number of carbonyl (C=O) groups is 1. The first kappa shape index (κ1) is 17.0. The molecule has 0 saturated carbocycles. The van der Waals surface area contributed by atoms with Crippen molar-refractivity contribution in [2.24, 2.45) is 0 Å². The molecule has 1 N–H and O–H groups in total. The molecule has 1 saturated heterocycles. The minimum Gasteiger partial charge on any atom is -0.379 e.